The Morgan fingerprint density at radius 3 is 2.45 bits per heavy atom. The fourth-order valence-electron chi connectivity index (χ4n) is 1.89. The molecule has 0 saturated carbocycles. The van der Waals surface area contributed by atoms with Gasteiger partial charge < -0.3 is 5.32 Å². The molecule has 0 aliphatic carbocycles. The molecule has 0 unspecified atom stereocenters. The van der Waals surface area contributed by atoms with Crippen LogP contribution in [-0.2, 0) is 0 Å². The Hall–Kier alpha value is -2.27. The molecule has 0 amide bonds. The van der Waals surface area contributed by atoms with Crippen molar-refractivity contribution in [3.63, 3.8) is 0 Å². The van der Waals surface area contributed by atoms with Crippen molar-refractivity contribution in [2.75, 3.05) is 5.32 Å². The molecule has 0 saturated heterocycles. The van der Waals surface area contributed by atoms with E-state index in [0.717, 1.165) is 27.8 Å². The standard InChI is InChI=1S/C15H14N4S/c1-10-8-13(12-6-4-3-5-7-12)18-14(16-10)19-15-17-11(2)9-20-15/h3-9H,1-2H3,(H,16,17,18,19). The molecule has 5 heteroatoms. The van der Waals surface area contributed by atoms with Gasteiger partial charge in [-0.3, -0.25) is 0 Å². The highest BCUT2D eigenvalue weighted by Gasteiger charge is 2.06. The number of aryl methyl sites for hydroxylation is 2. The van der Waals surface area contributed by atoms with Crippen molar-refractivity contribution < 1.29 is 0 Å². The number of anilines is 2. The smallest absolute Gasteiger partial charge is 0.229 e. The van der Waals surface area contributed by atoms with Crippen LogP contribution in [0.1, 0.15) is 11.4 Å². The van der Waals surface area contributed by atoms with Gasteiger partial charge in [0, 0.05) is 16.6 Å². The van der Waals surface area contributed by atoms with Crippen LogP contribution in [0.15, 0.2) is 41.8 Å². The molecule has 0 atom stereocenters. The van der Waals surface area contributed by atoms with E-state index >= 15 is 0 Å². The van der Waals surface area contributed by atoms with Crippen LogP contribution in [0.4, 0.5) is 11.1 Å². The number of hydrogen-bond donors (Lipinski definition) is 1. The lowest BCUT2D eigenvalue weighted by Crippen LogP contribution is -1.99. The van der Waals surface area contributed by atoms with Crippen molar-refractivity contribution in [1.82, 2.24) is 15.0 Å². The minimum Gasteiger partial charge on any atom is -0.300 e. The van der Waals surface area contributed by atoms with Crippen LogP contribution < -0.4 is 5.32 Å². The molecule has 0 bridgehead atoms. The molecule has 3 aromatic rings. The van der Waals surface area contributed by atoms with Crippen molar-refractivity contribution in [1.29, 1.82) is 0 Å². The molecular weight excluding hydrogens is 268 g/mol. The quantitative estimate of drug-likeness (QED) is 0.790. The first-order valence-electron chi connectivity index (χ1n) is 6.31. The van der Waals surface area contributed by atoms with Crippen molar-refractivity contribution in [3.8, 4) is 11.3 Å². The second-order valence-electron chi connectivity index (χ2n) is 4.50. The van der Waals surface area contributed by atoms with Crippen LogP contribution in [0.5, 0.6) is 0 Å². The summed E-state index contributed by atoms with van der Waals surface area (Å²) < 4.78 is 0. The molecule has 2 heterocycles. The van der Waals surface area contributed by atoms with E-state index in [9.17, 15) is 0 Å². The maximum absolute atomic E-state index is 4.55. The van der Waals surface area contributed by atoms with Gasteiger partial charge in [0.05, 0.1) is 11.4 Å². The van der Waals surface area contributed by atoms with Crippen LogP contribution in [0.2, 0.25) is 0 Å². The van der Waals surface area contributed by atoms with Gasteiger partial charge in [0.15, 0.2) is 5.13 Å². The Bertz CT molecular complexity index is 722. The molecule has 4 nitrogen and oxygen atoms in total. The third-order valence-electron chi connectivity index (χ3n) is 2.76. The number of hydrogen-bond acceptors (Lipinski definition) is 5. The Balaban J connectivity index is 1.94. The number of nitrogens with one attached hydrogen (secondary N) is 1. The maximum atomic E-state index is 4.55. The van der Waals surface area contributed by atoms with E-state index in [2.05, 4.69) is 20.3 Å². The van der Waals surface area contributed by atoms with E-state index in [0.29, 0.717) is 5.95 Å². The van der Waals surface area contributed by atoms with Crippen LogP contribution in [0.25, 0.3) is 11.3 Å². The van der Waals surface area contributed by atoms with Gasteiger partial charge in [-0.25, -0.2) is 15.0 Å². The van der Waals surface area contributed by atoms with Crippen LogP contribution in [-0.4, -0.2) is 15.0 Å². The first-order valence-corrected chi connectivity index (χ1v) is 7.19. The zero-order valence-corrected chi connectivity index (χ0v) is 12.1. The molecule has 1 aromatic carbocycles. The summed E-state index contributed by atoms with van der Waals surface area (Å²) in [5, 5.41) is 5.97. The molecule has 1 N–H and O–H groups in total. The zero-order chi connectivity index (χ0) is 13.9. The molecule has 0 aliphatic rings. The van der Waals surface area contributed by atoms with Crippen molar-refractivity contribution in [3.05, 3.63) is 53.2 Å². The third kappa shape index (κ3) is 2.83. The monoisotopic (exact) mass is 282 g/mol. The number of benzene rings is 1. The molecule has 100 valence electrons. The van der Waals surface area contributed by atoms with Gasteiger partial charge in [-0.1, -0.05) is 30.3 Å². The van der Waals surface area contributed by atoms with Gasteiger partial charge in [0.25, 0.3) is 0 Å². The molecule has 20 heavy (non-hydrogen) atoms. The lowest BCUT2D eigenvalue weighted by Gasteiger charge is -2.06. The number of nitrogens with zero attached hydrogens (tertiary/aromatic N) is 3. The minimum absolute atomic E-state index is 0.582. The second kappa shape index (κ2) is 5.38. The highest BCUT2D eigenvalue weighted by atomic mass is 32.1. The molecule has 0 radical (unpaired) electrons. The molecular formula is C15H14N4S. The fraction of sp³-hybridized carbons (Fsp3) is 0.133. The molecule has 0 fully saturated rings. The first-order chi connectivity index (χ1) is 9.70. The topological polar surface area (TPSA) is 50.7 Å². The largest absolute Gasteiger partial charge is 0.300 e. The summed E-state index contributed by atoms with van der Waals surface area (Å²) in [6.45, 7) is 3.93. The van der Waals surface area contributed by atoms with Crippen LogP contribution in [0, 0.1) is 13.8 Å². The summed E-state index contributed by atoms with van der Waals surface area (Å²) in [4.78, 5) is 13.3. The van der Waals surface area contributed by atoms with Gasteiger partial charge in [-0.15, -0.1) is 11.3 Å². The van der Waals surface area contributed by atoms with E-state index in [4.69, 9.17) is 0 Å². The normalized spacial score (nSPS) is 10.5. The first kappa shape index (κ1) is 12.7. The van der Waals surface area contributed by atoms with Crippen LogP contribution >= 0.6 is 11.3 Å². The highest BCUT2D eigenvalue weighted by Crippen LogP contribution is 2.22. The second-order valence-corrected chi connectivity index (χ2v) is 5.36. The number of aromatic nitrogens is 3. The summed E-state index contributed by atoms with van der Waals surface area (Å²) in [6, 6.07) is 12.1. The SMILES string of the molecule is Cc1cc(-c2ccccc2)nc(Nc2nc(C)cs2)n1. The molecule has 2 aromatic heterocycles. The number of thiazole rings is 1. The maximum Gasteiger partial charge on any atom is 0.229 e. The average molecular weight is 282 g/mol. The van der Waals surface area contributed by atoms with E-state index in [1.807, 2.05) is 55.6 Å². The van der Waals surface area contributed by atoms with Crippen molar-refractivity contribution in [2.24, 2.45) is 0 Å². The van der Waals surface area contributed by atoms with Gasteiger partial charge in [0.2, 0.25) is 5.95 Å². The van der Waals surface area contributed by atoms with Gasteiger partial charge in [-0.2, -0.15) is 0 Å². The van der Waals surface area contributed by atoms with Crippen LogP contribution in [0.3, 0.4) is 0 Å². The molecule has 0 aliphatic heterocycles. The van der Waals surface area contributed by atoms with E-state index in [-0.39, 0.29) is 0 Å². The summed E-state index contributed by atoms with van der Waals surface area (Å²) in [5.41, 5.74) is 3.91. The van der Waals surface area contributed by atoms with Crippen molar-refractivity contribution in [2.45, 2.75) is 13.8 Å². The number of rotatable bonds is 3. The van der Waals surface area contributed by atoms with E-state index in [1.54, 1.807) is 11.3 Å². The summed E-state index contributed by atoms with van der Waals surface area (Å²) in [7, 11) is 0. The van der Waals surface area contributed by atoms with Crippen molar-refractivity contribution >= 4 is 22.4 Å². The highest BCUT2D eigenvalue weighted by molar-refractivity contribution is 7.13. The summed E-state index contributed by atoms with van der Waals surface area (Å²) in [6.07, 6.45) is 0. The van der Waals surface area contributed by atoms with E-state index in [1.165, 1.54) is 0 Å². The van der Waals surface area contributed by atoms with Gasteiger partial charge in [-0.05, 0) is 19.9 Å². The predicted octanol–water partition coefficient (Wildman–Crippen LogP) is 3.96. The summed E-state index contributed by atoms with van der Waals surface area (Å²) in [5.74, 6) is 0.582. The lowest BCUT2D eigenvalue weighted by molar-refractivity contribution is 1.10. The third-order valence-corrected chi connectivity index (χ3v) is 3.64. The zero-order valence-electron chi connectivity index (χ0n) is 11.3. The van der Waals surface area contributed by atoms with E-state index < -0.39 is 0 Å². The Labute approximate surface area is 121 Å². The molecule has 0 spiro atoms. The fourth-order valence-corrected chi connectivity index (χ4v) is 2.57. The average Bonchev–Trinajstić information content (AvgIpc) is 2.84. The Morgan fingerprint density at radius 1 is 0.950 bits per heavy atom. The lowest BCUT2D eigenvalue weighted by atomic mass is 10.1. The predicted molar refractivity (Wildman–Crippen MR) is 82.3 cm³/mol. The van der Waals surface area contributed by atoms with Gasteiger partial charge >= 0.3 is 0 Å². The Morgan fingerprint density at radius 2 is 1.75 bits per heavy atom. The Kier molecular flexibility index (Phi) is 3.43. The minimum atomic E-state index is 0.582. The summed E-state index contributed by atoms with van der Waals surface area (Å²) >= 11 is 1.55. The molecule has 3 rings (SSSR count). The van der Waals surface area contributed by atoms with Gasteiger partial charge in [0.1, 0.15) is 0 Å².